The summed E-state index contributed by atoms with van der Waals surface area (Å²) < 4.78 is 17.2. The van der Waals surface area contributed by atoms with Crippen molar-refractivity contribution in [2.75, 3.05) is 26.1 Å². The van der Waals surface area contributed by atoms with Gasteiger partial charge in [0.25, 0.3) is 5.91 Å². The fourth-order valence-electron chi connectivity index (χ4n) is 3.00. The quantitative estimate of drug-likeness (QED) is 0.602. The number of para-hydroxylation sites is 1. The SMILES string of the molecule is COc1ccc(C(=O)OCC(=O)Nc2c(C)nn(-c3ccccc3)c2C)c(OC)c1. The number of hydrogen-bond acceptors (Lipinski definition) is 6. The maximum absolute atomic E-state index is 12.4. The van der Waals surface area contributed by atoms with Crippen molar-refractivity contribution in [2.45, 2.75) is 13.8 Å². The van der Waals surface area contributed by atoms with E-state index in [1.807, 2.05) is 37.3 Å². The molecule has 0 aliphatic heterocycles. The molecule has 1 aromatic heterocycles. The average molecular weight is 409 g/mol. The van der Waals surface area contributed by atoms with E-state index >= 15 is 0 Å². The predicted molar refractivity (Wildman–Crippen MR) is 111 cm³/mol. The molecular weight excluding hydrogens is 386 g/mol. The topological polar surface area (TPSA) is 91.7 Å². The van der Waals surface area contributed by atoms with Crippen LogP contribution in [-0.2, 0) is 9.53 Å². The first-order valence-electron chi connectivity index (χ1n) is 9.25. The Balaban J connectivity index is 1.67. The van der Waals surface area contributed by atoms with Crippen LogP contribution in [-0.4, -0.2) is 42.5 Å². The van der Waals surface area contributed by atoms with E-state index in [1.165, 1.54) is 20.3 Å². The molecule has 30 heavy (non-hydrogen) atoms. The van der Waals surface area contributed by atoms with Crippen LogP contribution in [0, 0.1) is 13.8 Å². The third kappa shape index (κ3) is 4.43. The standard InChI is InChI=1S/C22H23N3O5/c1-14-21(15(2)25(24-14)16-8-6-5-7-9-16)23-20(26)13-30-22(27)18-11-10-17(28-3)12-19(18)29-4/h5-12H,13H2,1-4H3,(H,23,26). The van der Waals surface area contributed by atoms with E-state index in [0.717, 1.165) is 11.4 Å². The van der Waals surface area contributed by atoms with E-state index in [2.05, 4.69) is 10.4 Å². The number of methoxy groups -OCH3 is 2. The minimum absolute atomic E-state index is 0.204. The largest absolute Gasteiger partial charge is 0.497 e. The van der Waals surface area contributed by atoms with Gasteiger partial charge in [-0.25, -0.2) is 9.48 Å². The van der Waals surface area contributed by atoms with Crippen LogP contribution < -0.4 is 14.8 Å². The number of carbonyl (C=O) groups excluding carboxylic acids is 2. The molecule has 0 saturated heterocycles. The summed E-state index contributed by atoms with van der Waals surface area (Å²) in [5.41, 5.74) is 3.11. The maximum atomic E-state index is 12.4. The van der Waals surface area contributed by atoms with Gasteiger partial charge in [0.05, 0.1) is 37.0 Å². The van der Waals surface area contributed by atoms with Gasteiger partial charge in [-0.1, -0.05) is 18.2 Å². The van der Waals surface area contributed by atoms with Crippen LogP contribution in [0.3, 0.4) is 0 Å². The molecule has 156 valence electrons. The highest BCUT2D eigenvalue weighted by Gasteiger charge is 2.19. The van der Waals surface area contributed by atoms with Gasteiger partial charge in [0.15, 0.2) is 6.61 Å². The number of rotatable bonds is 7. The zero-order valence-corrected chi connectivity index (χ0v) is 17.3. The number of aryl methyl sites for hydroxylation is 1. The van der Waals surface area contributed by atoms with Crippen molar-refractivity contribution < 1.29 is 23.8 Å². The van der Waals surface area contributed by atoms with Crippen LogP contribution in [0.5, 0.6) is 11.5 Å². The number of nitrogens with zero attached hydrogens (tertiary/aromatic N) is 2. The van der Waals surface area contributed by atoms with Gasteiger partial charge in [-0.15, -0.1) is 0 Å². The number of nitrogens with one attached hydrogen (secondary N) is 1. The third-order valence-electron chi connectivity index (χ3n) is 4.52. The molecule has 0 spiro atoms. The molecule has 8 heteroatoms. The number of hydrogen-bond donors (Lipinski definition) is 1. The van der Waals surface area contributed by atoms with E-state index in [-0.39, 0.29) is 5.56 Å². The lowest BCUT2D eigenvalue weighted by Crippen LogP contribution is -2.21. The minimum Gasteiger partial charge on any atom is -0.497 e. The first-order chi connectivity index (χ1) is 14.4. The molecule has 1 N–H and O–H groups in total. The molecule has 0 bridgehead atoms. The van der Waals surface area contributed by atoms with Gasteiger partial charge in [0.1, 0.15) is 17.1 Å². The summed E-state index contributed by atoms with van der Waals surface area (Å²) in [5, 5.41) is 7.25. The molecule has 0 saturated carbocycles. The molecule has 8 nitrogen and oxygen atoms in total. The summed E-state index contributed by atoms with van der Waals surface area (Å²) in [6.45, 7) is 3.22. The Hall–Kier alpha value is -3.81. The summed E-state index contributed by atoms with van der Waals surface area (Å²) in [4.78, 5) is 24.7. The monoisotopic (exact) mass is 409 g/mol. The van der Waals surface area contributed by atoms with Crippen molar-refractivity contribution in [3.8, 4) is 17.2 Å². The molecule has 0 aliphatic carbocycles. The second kappa shape index (κ2) is 9.13. The molecule has 0 unspecified atom stereocenters. The lowest BCUT2D eigenvalue weighted by Gasteiger charge is -2.11. The summed E-state index contributed by atoms with van der Waals surface area (Å²) in [6.07, 6.45) is 0. The number of esters is 1. The van der Waals surface area contributed by atoms with Crippen LogP contribution in [0.1, 0.15) is 21.7 Å². The number of amides is 1. The molecule has 0 fully saturated rings. The molecule has 3 aromatic rings. The van der Waals surface area contributed by atoms with Gasteiger partial charge in [-0.3, -0.25) is 4.79 Å². The van der Waals surface area contributed by atoms with Crippen molar-refractivity contribution in [1.29, 1.82) is 0 Å². The van der Waals surface area contributed by atoms with Gasteiger partial charge < -0.3 is 19.5 Å². The Kier molecular flexibility index (Phi) is 6.36. The second-order valence-electron chi connectivity index (χ2n) is 6.48. The normalized spacial score (nSPS) is 10.4. The Labute approximate surface area is 174 Å². The number of ether oxygens (including phenoxy) is 3. The average Bonchev–Trinajstić information content (AvgIpc) is 3.05. The molecular formula is C22H23N3O5. The van der Waals surface area contributed by atoms with Gasteiger partial charge in [-0.05, 0) is 38.1 Å². The highest BCUT2D eigenvalue weighted by Crippen LogP contribution is 2.25. The molecule has 1 heterocycles. The summed E-state index contributed by atoms with van der Waals surface area (Å²) >= 11 is 0. The van der Waals surface area contributed by atoms with Gasteiger partial charge in [0.2, 0.25) is 0 Å². The van der Waals surface area contributed by atoms with Crippen molar-refractivity contribution in [3.05, 3.63) is 65.5 Å². The lowest BCUT2D eigenvalue weighted by molar-refractivity contribution is -0.119. The Morgan fingerprint density at radius 1 is 1.03 bits per heavy atom. The smallest absolute Gasteiger partial charge is 0.342 e. The van der Waals surface area contributed by atoms with E-state index in [9.17, 15) is 9.59 Å². The van der Waals surface area contributed by atoms with Crippen LogP contribution >= 0.6 is 0 Å². The number of aromatic nitrogens is 2. The molecule has 1 amide bonds. The van der Waals surface area contributed by atoms with Crippen molar-refractivity contribution in [1.82, 2.24) is 9.78 Å². The Morgan fingerprint density at radius 3 is 2.43 bits per heavy atom. The number of carbonyl (C=O) groups is 2. The lowest BCUT2D eigenvalue weighted by atomic mass is 10.2. The van der Waals surface area contributed by atoms with E-state index in [1.54, 1.807) is 23.7 Å². The zero-order chi connectivity index (χ0) is 21.7. The van der Waals surface area contributed by atoms with Crippen molar-refractivity contribution in [3.63, 3.8) is 0 Å². The maximum Gasteiger partial charge on any atom is 0.342 e. The van der Waals surface area contributed by atoms with E-state index in [0.29, 0.717) is 22.9 Å². The first kappa shape index (κ1) is 20.9. The second-order valence-corrected chi connectivity index (χ2v) is 6.48. The summed E-state index contributed by atoms with van der Waals surface area (Å²) in [7, 11) is 2.95. The highest BCUT2D eigenvalue weighted by molar-refractivity contribution is 5.97. The molecule has 2 aromatic carbocycles. The van der Waals surface area contributed by atoms with Gasteiger partial charge in [-0.2, -0.15) is 5.10 Å². The fourth-order valence-corrected chi connectivity index (χ4v) is 3.00. The van der Waals surface area contributed by atoms with Crippen LogP contribution in [0.4, 0.5) is 5.69 Å². The number of benzene rings is 2. The van der Waals surface area contributed by atoms with Gasteiger partial charge >= 0.3 is 5.97 Å². The Morgan fingerprint density at radius 2 is 1.77 bits per heavy atom. The van der Waals surface area contributed by atoms with Crippen LogP contribution in [0.2, 0.25) is 0 Å². The highest BCUT2D eigenvalue weighted by atomic mass is 16.5. The van der Waals surface area contributed by atoms with Gasteiger partial charge in [0, 0.05) is 6.07 Å². The van der Waals surface area contributed by atoms with Crippen LogP contribution in [0.15, 0.2) is 48.5 Å². The van der Waals surface area contributed by atoms with E-state index in [4.69, 9.17) is 14.2 Å². The zero-order valence-electron chi connectivity index (χ0n) is 17.3. The predicted octanol–water partition coefficient (Wildman–Crippen LogP) is 3.30. The molecule has 0 radical (unpaired) electrons. The summed E-state index contributed by atoms with van der Waals surface area (Å²) in [6, 6.07) is 14.3. The molecule has 0 aliphatic rings. The first-order valence-corrected chi connectivity index (χ1v) is 9.25. The van der Waals surface area contributed by atoms with Crippen LogP contribution in [0.25, 0.3) is 5.69 Å². The van der Waals surface area contributed by atoms with Crippen molar-refractivity contribution in [2.24, 2.45) is 0 Å². The molecule has 3 rings (SSSR count). The summed E-state index contributed by atoms with van der Waals surface area (Å²) in [5.74, 6) is -0.286. The minimum atomic E-state index is -0.668. The third-order valence-corrected chi connectivity index (χ3v) is 4.52. The fraction of sp³-hybridized carbons (Fsp3) is 0.227. The Bertz CT molecular complexity index is 1060. The van der Waals surface area contributed by atoms with E-state index < -0.39 is 18.5 Å². The molecule has 0 atom stereocenters. The number of anilines is 1. The van der Waals surface area contributed by atoms with Crippen molar-refractivity contribution >= 4 is 17.6 Å².